The van der Waals surface area contributed by atoms with Crippen LogP contribution in [0.4, 0.5) is 0 Å². The Morgan fingerprint density at radius 1 is 1.32 bits per heavy atom. The Morgan fingerprint density at radius 3 is 2.68 bits per heavy atom. The van der Waals surface area contributed by atoms with Gasteiger partial charge in [-0.2, -0.15) is 5.10 Å². The van der Waals surface area contributed by atoms with Crippen molar-refractivity contribution in [3.63, 3.8) is 0 Å². The van der Waals surface area contributed by atoms with E-state index in [1.807, 2.05) is 58.1 Å². The van der Waals surface area contributed by atoms with Crippen molar-refractivity contribution in [2.45, 2.75) is 52.3 Å². The summed E-state index contributed by atoms with van der Waals surface area (Å²) >= 11 is 6.27. The Bertz CT molecular complexity index is 1030. The molecule has 150 valence electrons. The van der Waals surface area contributed by atoms with Gasteiger partial charge in [0, 0.05) is 18.3 Å². The minimum atomic E-state index is -1.14. The van der Waals surface area contributed by atoms with Crippen molar-refractivity contribution in [1.29, 1.82) is 0 Å². The van der Waals surface area contributed by atoms with Crippen molar-refractivity contribution in [2.75, 3.05) is 6.54 Å². The number of aromatic nitrogens is 5. The zero-order valence-electron chi connectivity index (χ0n) is 17.0. The Kier molecular flexibility index (Phi) is 5.84. The van der Waals surface area contributed by atoms with E-state index < -0.39 is 11.0 Å². The third-order valence-electron chi connectivity index (χ3n) is 4.53. The molecule has 0 aromatic carbocycles. The van der Waals surface area contributed by atoms with Crippen molar-refractivity contribution in [3.8, 4) is 11.3 Å². The summed E-state index contributed by atoms with van der Waals surface area (Å²) in [6.07, 6.45) is 5.06. The first-order valence-electron chi connectivity index (χ1n) is 9.15. The number of hydrogen-bond acceptors (Lipinski definition) is 5. The van der Waals surface area contributed by atoms with E-state index in [9.17, 15) is 4.21 Å². The summed E-state index contributed by atoms with van der Waals surface area (Å²) in [5, 5.41) is 4.46. The molecule has 7 nitrogen and oxygen atoms in total. The first-order valence-corrected chi connectivity index (χ1v) is 10.6. The van der Waals surface area contributed by atoms with Gasteiger partial charge in [-0.25, -0.2) is 23.0 Å². The molecule has 3 aromatic heterocycles. The smallest absolute Gasteiger partial charge is 0.193 e. The van der Waals surface area contributed by atoms with Crippen LogP contribution in [0.1, 0.15) is 51.9 Å². The molecule has 0 radical (unpaired) electrons. The topological polar surface area (TPSA) is 76.3 Å². The first-order chi connectivity index (χ1) is 13.1. The van der Waals surface area contributed by atoms with Crippen molar-refractivity contribution in [1.82, 2.24) is 28.9 Å². The minimum Gasteiger partial charge on any atom is -0.259 e. The maximum atomic E-state index is 13.0. The molecular formula is C19H25ClN6OS. The molecule has 28 heavy (non-hydrogen) atoms. The maximum Gasteiger partial charge on any atom is 0.193 e. The Morgan fingerprint density at radius 2 is 2.04 bits per heavy atom. The Hall–Kier alpha value is -1.90. The van der Waals surface area contributed by atoms with Crippen molar-refractivity contribution >= 4 is 28.2 Å². The number of aryl methyl sites for hydroxylation is 1. The van der Waals surface area contributed by atoms with Crippen LogP contribution in [0.5, 0.6) is 0 Å². The van der Waals surface area contributed by atoms with Crippen molar-refractivity contribution in [2.24, 2.45) is 0 Å². The van der Waals surface area contributed by atoms with E-state index in [4.69, 9.17) is 11.6 Å². The number of halogens is 1. The fourth-order valence-electron chi connectivity index (χ4n) is 3.00. The minimum absolute atomic E-state index is 0.116. The number of fused-ring (bicyclic) bond motifs is 1. The molecule has 3 heterocycles. The van der Waals surface area contributed by atoms with Crippen LogP contribution < -0.4 is 0 Å². The molecule has 0 spiro atoms. The first kappa shape index (κ1) is 20.8. The van der Waals surface area contributed by atoms with Gasteiger partial charge in [0.25, 0.3) is 0 Å². The molecular weight excluding hydrogens is 396 g/mol. The average molecular weight is 421 g/mol. The molecule has 2 atom stereocenters. The maximum absolute atomic E-state index is 13.0. The van der Waals surface area contributed by atoms with Crippen molar-refractivity contribution in [3.05, 3.63) is 41.2 Å². The molecule has 0 aliphatic carbocycles. The summed E-state index contributed by atoms with van der Waals surface area (Å²) in [7, 11) is -1.14. The molecule has 0 saturated carbocycles. The van der Waals surface area contributed by atoms with E-state index >= 15 is 0 Å². The molecule has 0 aliphatic heterocycles. The second-order valence-electron chi connectivity index (χ2n) is 7.64. The van der Waals surface area contributed by atoms with Crippen LogP contribution in [0.2, 0.25) is 5.15 Å². The second-order valence-corrected chi connectivity index (χ2v) is 10.2. The standard InChI is InChI=1S/C19H25ClN6OS/c1-7-26(28(27)19(4,5)6)13(3)15-8-14(12(2)9-21-15)16-10-25-18(17(20)24-16)22-11-23-25/h8-11,13H,7H2,1-6H3/t13-,28-/m1/s1. The van der Waals surface area contributed by atoms with Crippen LogP contribution in [0.3, 0.4) is 0 Å². The highest BCUT2D eigenvalue weighted by Crippen LogP contribution is 2.30. The van der Waals surface area contributed by atoms with E-state index in [1.165, 1.54) is 6.33 Å². The van der Waals surface area contributed by atoms with E-state index in [0.29, 0.717) is 23.0 Å². The second kappa shape index (κ2) is 7.85. The van der Waals surface area contributed by atoms with Crippen LogP contribution in [0.15, 0.2) is 24.8 Å². The van der Waals surface area contributed by atoms with Gasteiger partial charge in [0.2, 0.25) is 0 Å². The quantitative estimate of drug-likeness (QED) is 0.623. The fraction of sp³-hybridized carbons (Fsp3) is 0.474. The highest BCUT2D eigenvalue weighted by Gasteiger charge is 2.30. The van der Waals surface area contributed by atoms with Crippen LogP contribution in [0, 0.1) is 6.92 Å². The molecule has 0 bridgehead atoms. The van der Waals surface area contributed by atoms with Crippen molar-refractivity contribution < 1.29 is 4.21 Å². The molecule has 0 aliphatic rings. The van der Waals surface area contributed by atoms with E-state index in [-0.39, 0.29) is 10.8 Å². The lowest BCUT2D eigenvalue weighted by Crippen LogP contribution is -2.39. The molecule has 3 rings (SSSR count). The lowest BCUT2D eigenvalue weighted by atomic mass is 10.0. The lowest BCUT2D eigenvalue weighted by molar-refractivity contribution is 0.366. The van der Waals surface area contributed by atoms with Crippen LogP contribution in [-0.2, 0) is 11.0 Å². The highest BCUT2D eigenvalue weighted by molar-refractivity contribution is 7.84. The van der Waals surface area contributed by atoms with Gasteiger partial charge in [-0.15, -0.1) is 0 Å². The largest absolute Gasteiger partial charge is 0.259 e. The predicted octanol–water partition coefficient (Wildman–Crippen LogP) is 3.99. The molecule has 9 heteroatoms. The van der Waals surface area contributed by atoms with E-state index in [1.54, 1.807) is 10.7 Å². The molecule has 0 unspecified atom stereocenters. The SMILES string of the molecule is CCN([C@H](C)c1cc(-c2cn3ncnc3c(Cl)n2)c(C)cn1)[S@](=O)C(C)(C)C. The number of nitrogens with zero attached hydrogens (tertiary/aromatic N) is 6. The number of pyridine rings is 1. The lowest BCUT2D eigenvalue weighted by Gasteiger charge is -2.32. The normalized spacial score (nSPS) is 14.6. The third kappa shape index (κ3) is 3.94. The van der Waals surface area contributed by atoms with E-state index in [0.717, 1.165) is 16.8 Å². The molecule has 0 fully saturated rings. The summed E-state index contributed by atoms with van der Waals surface area (Å²) in [6.45, 7) is 12.6. The zero-order valence-corrected chi connectivity index (χ0v) is 18.5. The molecule has 0 saturated heterocycles. The zero-order chi connectivity index (χ0) is 20.6. The summed E-state index contributed by atoms with van der Waals surface area (Å²) in [5.41, 5.74) is 3.92. The third-order valence-corrected chi connectivity index (χ3v) is 6.83. The molecule has 0 amide bonds. The summed E-state index contributed by atoms with van der Waals surface area (Å²) < 4.78 is 16.2. The molecule has 3 aromatic rings. The van der Waals surface area contributed by atoms with Gasteiger partial charge in [-0.05, 0) is 46.2 Å². The number of rotatable bonds is 5. The number of hydrogen-bond donors (Lipinski definition) is 0. The van der Waals surface area contributed by atoms with Gasteiger partial charge in [0.15, 0.2) is 10.8 Å². The Balaban J connectivity index is 2.04. The van der Waals surface area contributed by atoms with E-state index in [2.05, 4.69) is 20.1 Å². The van der Waals surface area contributed by atoms with Gasteiger partial charge in [0.1, 0.15) is 17.3 Å². The highest BCUT2D eigenvalue weighted by atomic mass is 35.5. The van der Waals surface area contributed by atoms with Crippen LogP contribution >= 0.6 is 11.6 Å². The van der Waals surface area contributed by atoms with Gasteiger partial charge in [-0.3, -0.25) is 4.98 Å². The monoisotopic (exact) mass is 420 g/mol. The fourth-order valence-corrected chi connectivity index (χ4v) is 4.56. The van der Waals surface area contributed by atoms with Crippen LogP contribution in [-0.4, -0.2) is 44.4 Å². The Labute approximate surface area is 172 Å². The average Bonchev–Trinajstić information content (AvgIpc) is 3.11. The molecule has 0 N–H and O–H groups in total. The van der Waals surface area contributed by atoms with Gasteiger partial charge in [0.05, 0.1) is 28.4 Å². The summed E-state index contributed by atoms with van der Waals surface area (Å²) in [5.74, 6) is 0. The van der Waals surface area contributed by atoms with Gasteiger partial charge < -0.3 is 0 Å². The van der Waals surface area contributed by atoms with Gasteiger partial charge in [-0.1, -0.05) is 18.5 Å². The van der Waals surface area contributed by atoms with Gasteiger partial charge >= 0.3 is 0 Å². The summed E-state index contributed by atoms with van der Waals surface area (Å²) in [6, 6.07) is 1.87. The summed E-state index contributed by atoms with van der Waals surface area (Å²) in [4.78, 5) is 13.2. The van der Waals surface area contributed by atoms with Crippen LogP contribution in [0.25, 0.3) is 16.9 Å². The predicted molar refractivity (Wildman–Crippen MR) is 112 cm³/mol.